The van der Waals surface area contributed by atoms with Gasteiger partial charge in [0.1, 0.15) is 0 Å². The summed E-state index contributed by atoms with van der Waals surface area (Å²) >= 11 is 0. The Hall–Kier alpha value is -0.980. The SMILES string of the molecule is C1=CC2CCC=CNCC2C=C1. The van der Waals surface area contributed by atoms with E-state index in [4.69, 9.17) is 0 Å². The highest BCUT2D eigenvalue weighted by Gasteiger charge is 2.17. The van der Waals surface area contributed by atoms with Crippen molar-refractivity contribution in [2.75, 3.05) is 6.54 Å². The Bertz CT molecular complexity index is 201. The van der Waals surface area contributed by atoms with Gasteiger partial charge in [0.05, 0.1) is 0 Å². The highest BCUT2D eigenvalue weighted by Crippen LogP contribution is 2.24. The van der Waals surface area contributed by atoms with Gasteiger partial charge in [0.2, 0.25) is 0 Å². The van der Waals surface area contributed by atoms with Crippen LogP contribution in [-0.4, -0.2) is 6.54 Å². The van der Waals surface area contributed by atoms with E-state index < -0.39 is 0 Å². The molecule has 0 saturated heterocycles. The number of hydrogen-bond acceptors (Lipinski definition) is 1. The molecule has 2 rings (SSSR count). The van der Waals surface area contributed by atoms with Crippen molar-refractivity contribution in [3.05, 3.63) is 36.6 Å². The number of hydrogen-bond donors (Lipinski definition) is 1. The van der Waals surface area contributed by atoms with Crippen LogP contribution >= 0.6 is 0 Å². The minimum atomic E-state index is 0.708. The minimum absolute atomic E-state index is 0.708. The molecule has 1 aliphatic heterocycles. The van der Waals surface area contributed by atoms with Crippen LogP contribution in [0.5, 0.6) is 0 Å². The maximum Gasteiger partial charge on any atom is 0.0210 e. The first-order chi connectivity index (χ1) is 5.97. The van der Waals surface area contributed by atoms with Crippen LogP contribution in [0.2, 0.25) is 0 Å². The van der Waals surface area contributed by atoms with Gasteiger partial charge < -0.3 is 5.32 Å². The summed E-state index contributed by atoms with van der Waals surface area (Å²) in [4.78, 5) is 0. The predicted octanol–water partition coefficient (Wildman–Crippen LogP) is 2.24. The number of allylic oxidation sites excluding steroid dienone is 4. The third kappa shape index (κ3) is 1.60. The van der Waals surface area contributed by atoms with Gasteiger partial charge in [-0.25, -0.2) is 0 Å². The van der Waals surface area contributed by atoms with Gasteiger partial charge in [-0.15, -0.1) is 0 Å². The van der Waals surface area contributed by atoms with Gasteiger partial charge in [-0.3, -0.25) is 0 Å². The monoisotopic (exact) mass is 161 g/mol. The van der Waals surface area contributed by atoms with Crippen LogP contribution in [0.15, 0.2) is 36.6 Å². The molecule has 2 unspecified atom stereocenters. The van der Waals surface area contributed by atoms with Gasteiger partial charge in [0.25, 0.3) is 0 Å². The van der Waals surface area contributed by atoms with Crippen LogP contribution in [0, 0.1) is 11.8 Å². The highest BCUT2D eigenvalue weighted by atomic mass is 14.8. The van der Waals surface area contributed by atoms with E-state index in [1.54, 1.807) is 0 Å². The standard InChI is InChI=1S/C11H15N/c1-2-7-11-9-12-8-4-3-6-10(11)5-1/h1-2,4-5,7-8,10-12H,3,6,9H2. The molecule has 0 aromatic heterocycles. The number of rotatable bonds is 0. The van der Waals surface area contributed by atoms with Gasteiger partial charge in [-0.2, -0.15) is 0 Å². The Morgan fingerprint density at radius 1 is 1.08 bits per heavy atom. The van der Waals surface area contributed by atoms with Crippen molar-refractivity contribution in [1.29, 1.82) is 0 Å². The average molecular weight is 161 g/mol. The van der Waals surface area contributed by atoms with Crippen molar-refractivity contribution in [2.24, 2.45) is 11.8 Å². The molecule has 0 saturated carbocycles. The lowest BCUT2D eigenvalue weighted by Gasteiger charge is -2.25. The lowest BCUT2D eigenvalue weighted by molar-refractivity contribution is 0.426. The summed E-state index contributed by atoms with van der Waals surface area (Å²) in [6.07, 6.45) is 15.8. The second-order valence-electron chi connectivity index (χ2n) is 3.49. The molecule has 64 valence electrons. The van der Waals surface area contributed by atoms with Crippen LogP contribution in [0.3, 0.4) is 0 Å². The Kier molecular flexibility index (Phi) is 2.31. The zero-order valence-corrected chi connectivity index (χ0v) is 7.24. The quantitative estimate of drug-likeness (QED) is 0.574. The molecule has 0 amide bonds. The molecule has 0 spiro atoms. The van der Waals surface area contributed by atoms with Crippen molar-refractivity contribution in [3.63, 3.8) is 0 Å². The molecule has 0 aromatic carbocycles. The Balaban J connectivity index is 2.07. The molecule has 1 N–H and O–H groups in total. The van der Waals surface area contributed by atoms with Crippen molar-refractivity contribution in [3.8, 4) is 0 Å². The summed E-state index contributed by atoms with van der Waals surface area (Å²) in [5.74, 6) is 1.47. The zero-order valence-electron chi connectivity index (χ0n) is 7.24. The minimum Gasteiger partial charge on any atom is -0.391 e. The van der Waals surface area contributed by atoms with Crippen LogP contribution in [0.4, 0.5) is 0 Å². The van der Waals surface area contributed by atoms with Crippen molar-refractivity contribution < 1.29 is 0 Å². The van der Waals surface area contributed by atoms with Gasteiger partial charge in [-0.1, -0.05) is 30.4 Å². The topological polar surface area (TPSA) is 12.0 Å². The molecule has 1 nitrogen and oxygen atoms in total. The van der Waals surface area contributed by atoms with E-state index in [0.29, 0.717) is 5.92 Å². The molecule has 1 aliphatic carbocycles. The van der Waals surface area contributed by atoms with Crippen molar-refractivity contribution >= 4 is 0 Å². The summed E-state index contributed by atoms with van der Waals surface area (Å²) in [6.45, 7) is 1.09. The van der Waals surface area contributed by atoms with Gasteiger partial charge in [-0.05, 0) is 25.0 Å². The number of fused-ring (bicyclic) bond motifs is 1. The molecule has 0 bridgehead atoms. The highest BCUT2D eigenvalue weighted by molar-refractivity contribution is 5.15. The predicted molar refractivity (Wildman–Crippen MR) is 51.6 cm³/mol. The third-order valence-corrected chi connectivity index (χ3v) is 2.63. The van der Waals surface area contributed by atoms with Crippen LogP contribution in [0.25, 0.3) is 0 Å². The summed E-state index contributed by atoms with van der Waals surface area (Å²) in [6, 6.07) is 0. The normalized spacial score (nSPS) is 33.3. The van der Waals surface area contributed by atoms with Gasteiger partial charge in [0, 0.05) is 12.5 Å². The molecular formula is C11H15N. The van der Waals surface area contributed by atoms with E-state index in [-0.39, 0.29) is 0 Å². The summed E-state index contributed by atoms with van der Waals surface area (Å²) < 4.78 is 0. The van der Waals surface area contributed by atoms with Crippen LogP contribution in [-0.2, 0) is 0 Å². The van der Waals surface area contributed by atoms with Crippen molar-refractivity contribution in [1.82, 2.24) is 5.32 Å². The van der Waals surface area contributed by atoms with E-state index in [9.17, 15) is 0 Å². The van der Waals surface area contributed by atoms with Crippen LogP contribution < -0.4 is 5.32 Å². The number of nitrogens with one attached hydrogen (secondary N) is 1. The largest absolute Gasteiger partial charge is 0.391 e. The van der Waals surface area contributed by atoms with E-state index in [0.717, 1.165) is 12.5 Å². The van der Waals surface area contributed by atoms with E-state index >= 15 is 0 Å². The molecule has 1 heterocycles. The molecule has 0 fully saturated rings. The fourth-order valence-corrected chi connectivity index (χ4v) is 1.89. The zero-order chi connectivity index (χ0) is 8.23. The lowest BCUT2D eigenvalue weighted by atomic mass is 9.84. The van der Waals surface area contributed by atoms with E-state index in [1.807, 2.05) is 0 Å². The Labute approximate surface area is 73.9 Å². The molecule has 0 radical (unpaired) electrons. The second kappa shape index (κ2) is 3.61. The summed E-state index contributed by atoms with van der Waals surface area (Å²) in [7, 11) is 0. The molecule has 12 heavy (non-hydrogen) atoms. The first-order valence-electron chi connectivity index (χ1n) is 4.70. The molecule has 1 heteroatoms. The van der Waals surface area contributed by atoms with Gasteiger partial charge in [0.15, 0.2) is 0 Å². The average Bonchev–Trinajstić information content (AvgIpc) is 2.06. The lowest BCUT2D eigenvalue weighted by Crippen LogP contribution is -2.25. The Morgan fingerprint density at radius 2 is 1.92 bits per heavy atom. The molecular weight excluding hydrogens is 146 g/mol. The second-order valence-corrected chi connectivity index (χ2v) is 3.49. The van der Waals surface area contributed by atoms with Crippen molar-refractivity contribution in [2.45, 2.75) is 12.8 Å². The Morgan fingerprint density at radius 3 is 2.83 bits per heavy atom. The first-order valence-corrected chi connectivity index (χ1v) is 4.70. The fourth-order valence-electron chi connectivity index (χ4n) is 1.89. The molecule has 2 aliphatic rings. The molecule has 0 aromatic rings. The first kappa shape index (κ1) is 7.66. The maximum atomic E-state index is 3.32. The third-order valence-electron chi connectivity index (χ3n) is 2.63. The van der Waals surface area contributed by atoms with Gasteiger partial charge >= 0.3 is 0 Å². The fraction of sp³-hybridized carbons (Fsp3) is 0.455. The van der Waals surface area contributed by atoms with Crippen LogP contribution in [0.1, 0.15) is 12.8 Å². The van der Waals surface area contributed by atoms with E-state index in [1.165, 1.54) is 12.8 Å². The molecule has 2 atom stereocenters. The van der Waals surface area contributed by atoms with E-state index in [2.05, 4.69) is 41.9 Å². The maximum absolute atomic E-state index is 3.32. The smallest absolute Gasteiger partial charge is 0.0210 e. The summed E-state index contributed by atoms with van der Waals surface area (Å²) in [5.41, 5.74) is 0. The summed E-state index contributed by atoms with van der Waals surface area (Å²) in [5, 5.41) is 3.32.